The molecule has 0 saturated carbocycles. The lowest BCUT2D eigenvalue weighted by atomic mass is 10.2. The van der Waals surface area contributed by atoms with Crippen LogP contribution in [0.5, 0.6) is 11.5 Å². The molecule has 4 rings (SSSR count). The number of thioether (sulfide) groups is 1. The number of hydrogen-bond donors (Lipinski definition) is 1. The largest absolute Gasteiger partial charge is 0.493 e. The predicted molar refractivity (Wildman–Crippen MR) is 139 cm³/mol. The minimum absolute atomic E-state index is 0.0356. The smallest absolute Gasteiger partial charge is 0.332 e. The maximum atomic E-state index is 13.0. The number of aryl methyl sites for hydroxylation is 1. The second kappa shape index (κ2) is 10.4. The van der Waals surface area contributed by atoms with E-state index in [1.165, 1.54) is 32.9 Å². The van der Waals surface area contributed by atoms with Gasteiger partial charge in [0.15, 0.2) is 23.0 Å². The van der Waals surface area contributed by atoms with Gasteiger partial charge in [-0.2, -0.15) is 0 Å². The van der Waals surface area contributed by atoms with E-state index >= 15 is 0 Å². The minimum atomic E-state index is -0.549. The average molecular weight is 528 g/mol. The molecule has 1 amide bonds. The van der Waals surface area contributed by atoms with Crippen molar-refractivity contribution in [3.8, 4) is 22.9 Å². The van der Waals surface area contributed by atoms with E-state index in [2.05, 4.69) is 15.3 Å². The van der Waals surface area contributed by atoms with Gasteiger partial charge in [0, 0.05) is 30.4 Å². The van der Waals surface area contributed by atoms with Crippen LogP contribution in [-0.4, -0.2) is 45.0 Å². The number of nitrogens with zero attached hydrogens (tertiary/aromatic N) is 4. The summed E-state index contributed by atoms with van der Waals surface area (Å²) in [5.41, 5.74) is 0.244. The number of nitrogens with one attached hydrogen (secondary N) is 1. The Hall–Kier alpha value is -3.83. The molecular weight excluding hydrogens is 506 g/mol. The van der Waals surface area contributed by atoms with Crippen LogP contribution in [0.2, 0.25) is 5.02 Å². The van der Waals surface area contributed by atoms with Crippen LogP contribution in [0.25, 0.3) is 22.4 Å². The third kappa shape index (κ3) is 4.93. The van der Waals surface area contributed by atoms with Gasteiger partial charge in [-0.25, -0.2) is 14.8 Å². The van der Waals surface area contributed by atoms with Gasteiger partial charge >= 0.3 is 5.69 Å². The average Bonchev–Trinajstić information content (AvgIpc) is 2.89. The Morgan fingerprint density at radius 1 is 1.00 bits per heavy atom. The predicted octanol–water partition coefficient (Wildman–Crippen LogP) is 3.10. The Morgan fingerprint density at radius 2 is 1.69 bits per heavy atom. The first kappa shape index (κ1) is 25.3. The normalized spacial score (nSPS) is 10.9. The maximum absolute atomic E-state index is 13.0. The monoisotopic (exact) mass is 527 g/mol. The molecule has 0 bridgehead atoms. The lowest BCUT2D eigenvalue weighted by Gasteiger charge is -2.13. The highest BCUT2D eigenvalue weighted by molar-refractivity contribution is 8.00. The molecule has 36 heavy (non-hydrogen) atoms. The molecule has 2 heterocycles. The van der Waals surface area contributed by atoms with Gasteiger partial charge in [0.2, 0.25) is 5.91 Å². The second-order valence-electron chi connectivity index (χ2n) is 7.67. The molecule has 0 aliphatic rings. The number of carbonyl (C=O) groups excluding carboxylic acids is 1. The highest BCUT2D eigenvalue weighted by atomic mass is 35.5. The van der Waals surface area contributed by atoms with Crippen molar-refractivity contribution in [2.75, 3.05) is 25.3 Å². The number of hydrogen-bond acceptors (Lipinski definition) is 8. The van der Waals surface area contributed by atoms with Crippen LogP contribution < -0.4 is 26.0 Å². The van der Waals surface area contributed by atoms with Crippen LogP contribution in [0.4, 0.5) is 5.69 Å². The summed E-state index contributed by atoms with van der Waals surface area (Å²) in [4.78, 5) is 47.3. The number of fused-ring (bicyclic) bond motifs is 1. The molecule has 4 aromatic rings. The van der Waals surface area contributed by atoms with Crippen LogP contribution >= 0.6 is 23.4 Å². The fraction of sp³-hybridized carbons (Fsp3) is 0.208. The van der Waals surface area contributed by atoms with Crippen molar-refractivity contribution in [2.24, 2.45) is 14.1 Å². The number of halogens is 1. The van der Waals surface area contributed by atoms with E-state index in [1.807, 2.05) is 0 Å². The molecule has 0 aliphatic heterocycles. The number of aromatic nitrogens is 4. The van der Waals surface area contributed by atoms with E-state index in [9.17, 15) is 14.4 Å². The van der Waals surface area contributed by atoms with Gasteiger partial charge in [-0.15, -0.1) is 0 Å². The Morgan fingerprint density at radius 3 is 2.36 bits per heavy atom. The van der Waals surface area contributed by atoms with Gasteiger partial charge in [-0.1, -0.05) is 23.4 Å². The van der Waals surface area contributed by atoms with Crippen LogP contribution in [0.1, 0.15) is 0 Å². The summed E-state index contributed by atoms with van der Waals surface area (Å²) in [5, 5.41) is 3.75. The van der Waals surface area contributed by atoms with E-state index in [0.29, 0.717) is 27.8 Å². The van der Waals surface area contributed by atoms with Gasteiger partial charge < -0.3 is 14.8 Å². The molecule has 0 atom stereocenters. The van der Waals surface area contributed by atoms with Crippen molar-refractivity contribution >= 4 is 46.0 Å². The zero-order valence-electron chi connectivity index (χ0n) is 19.9. The van der Waals surface area contributed by atoms with Gasteiger partial charge in [0.25, 0.3) is 5.56 Å². The first-order chi connectivity index (χ1) is 17.2. The van der Waals surface area contributed by atoms with Crippen molar-refractivity contribution in [3.63, 3.8) is 0 Å². The van der Waals surface area contributed by atoms with E-state index in [1.54, 1.807) is 42.5 Å². The molecule has 0 fully saturated rings. The van der Waals surface area contributed by atoms with E-state index in [-0.39, 0.29) is 33.5 Å². The summed E-state index contributed by atoms with van der Waals surface area (Å²) >= 11 is 6.97. The zero-order valence-corrected chi connectivity index (χ0v) is 21.4. The van der Waals surface area contributed by atoms with Crippen molar-refractivity contribution in [1.82, 2.24) is 19.1 Å². The number of methoxy groups -OCH3 is 2. The van der Waals surface area contributed by atoms with E-state index in [0.717, 1.165) is 16.3 Å². The number of benzene rings is 2. The number of rotatable bonds is 7. The molecule has 2 aromatic heterocycles. The number of anilines is 1. The van der Waals surface area contributed by atoms with Crippen LogP contribution in [0.15, 0.2) is 57.1 Å². The SMILES string of the molecule is COc1ccc(-c2nc(SCC(=O)Nc3ccc(Cl)cc3)c3c(=O)n(C)c(=O)n(C)c3n2)cc1OC. The second-order valence-corrected chi connectivity index (χ2v) is 9.07. The summed E-state index contributed by atoms with van der Waals surface area (Å²) in [6, 6.07) is 11.8. The van der Waals surface area contributed by atoms with E-state index < -0.39 is 11.2 Å². The molecule has 1 N–H and O–H groups in total. The van der Waals surface area contributed by atoms with Gasteiger partial charge in [-0.3, -0.25) is 18.7 Å². The molecule has 10 nitrogen and oxygen atoms in total. The fourth-order valence-corrected chi connectivity index (χ4v) is 4.44. The molecular formula is C24H22ClN5O5S. The van der Waals surface area contributed by atoms with Crippen LogP contribution in [0.3, 0.4) is 0 Å². The standard InChI is InChI=1S/C24H22ClN5O5S/c1-29-21-19(23(32)30(2)24(29)33)22(36-12-18(31)26-15-8-6-14(25)7-9-15)28-20(27-21)13-5-10-16(34-3)17(11-13)35-4/h5-11H,12H2,1-4H3,(H,26,31). The van der Waals surface area contributed by atoms with Crippen molar-refractivity contribution in [1.29, 1.82) is 0 Å². The molecule has 0 spiro atoms. The molecule has 0 aliphatic carbocycles. The maximum Gasteiger partial charge on any atom is 0.332 e. The molecule has 0 saturated heterocycles. The third-order valence-corrected chi connectivity index (χ3v) is 6.60. The van der Waals surface area contributed by atoms with Gasteiger partial charge in [-0.05, 0) is 42.5 Å². The first-order valence-corrected chi connectivity index (χ1v) is 12.0. The molecule has 186 valence electrons. The summed E-state index contributed by atoms with van der Waals surface area (Å²) in [7, 11) is 5.95. The lowest BCUT2D eigenvalue weighted by Crippen LogP contribution is -2.37. The summed E-state index contributed by atoms with van der Waals surface area (Å²) < 4.78 is 12.9. The third-order valence-electron chi connectivity index (χ3n) is 5.38. The topological polar surface area (TPSA) is 117 Å². The summed E-state index contributed by atoms with van der Waals surface area (Å²) in [6.45, 7) is 0. The Kier molecular flexibility index (Phi) is 7.32. The highest BCUT2D eigenvalue weighted by Crippen LogP contribution is 2.33. The van der Waals surface area contributed by atoms with Crippen LogP contribution in [0, 0.1) is 0 Å². The van der Waals surface area contributed by atoms with Crippen molar-refractivity contribution < 1.29 is 14.3 Å². The lowest BCUT2D eigenvalue weighted by molar-refractivity contribution is -0.113. The highest BCUT2D eigenvalue weighted by Gasteiger charge is 2.20. The minimum Gasteiger partial charge on any atom is -0.493 e. The quantitative estimate of drug-likeness (QED) is 0.288. The van der Waals surface area contributed by atoms with E-state index in [4.69, 9.17) is 21.1 Å². The zero-order chi connectivity index (χ0) is 26.0. The Balaban J connectivity index is 1.78. The number of ether oxygens (including phenoxy) is 2. The molecule has 0 radical (unpaired) electrons. The number of amides is 1. The van der Waals surface area contributed by atoms with Gasteiger partial charge in [0.05, 0.1) is 20.0 Å². The summed E-state index contributed by atoms with van der Waals surface area (Å²) in [6.07, 6.45) is 0. The Bertz CT molecular complexity index is 1580. The molecule has 0 unspecified atom stereocenters. The van der Waals surface area contributed by atoms with Crippen molar-refractivity contribution in [3.05, 3.63) is 68.3 Å². The molecule has 12 heteroatoms. The molecule has 2 aromatic carbocycles. The number of carbonyl (C=O) groups is 1. The summed E-state index contributed by atoms with van der Waals surface area (Å²) in [5.74, 6) is 0.909. The fourth-order valence-electron chi connectivity index (χ4n) is 3.50. The van der Waals surface area contributed by atoms with Gasteiger partial charge in [0.1, 0.15) is 10.4 Å². The first-order valence-electron chi connectivity index (χ1n) is 10.6. The Labute approximate surface area is 214 Å². The van der Waals surface area contributed by atoms with Crippen LogP contribution in [-0.2, 0) is 18.9 Å². The van der Waals surface area contributed by atoms with Crippen molar-refractivity contribution in [2.45, 2.75) is 5.03 Å².